The number of hydrogen-bond donors (Lipinski definition) is 2. The van der Waals surface area contributed by atoms with Crippen molar-refractivity contribution in [1.29, 1.82) is 0 Å². The lowest BCUT2D eigenvalue weighted by molar-refractivity contribution is -0.921. The summed E-state index contributed by atoms with van der Waals surface area (Å²) in [4.78, 5) is 14.5. The Kier molecular flexibility index (Phi) is 4.91. The van der Waals surface area contributed by atoms with Gasteiger partial charge in [-0.15, -0.1) is 0 Å². The van der Waals surface area contributed by atoms with Crippen LogP contribution in [0.5, 0.6) is 5.75 Å². The Morgan fingerprint density at radius 2 is 1.85 bits per heavy atom. The van der Waals surface area contributed by atoms with Crippen LogP contribution in [0.25, 0.3) is 11.0 Å². The molecule has 0 radical (unpaired) electrons. The molecular weight excluding hydrogens is 366 g/mol. The summed E-state index contributed by atoms with van der Waals surface area (Å²) >= 11 is 5.95. The predicted molar refractivity (Wildman–Crippen MR) is 103 cm³/mol. The number of aryl methyl sites for hydroxylation is 1. The van der Waals surface area contributed by atoms with Crippen molar-refractivity contribution in [3.63, 3.8) is 0 Å². The number of fused-ring (bicyclic) bond motifs is 1. The van der Waals surface area contributed by atoms with E-state index in [4.69, 9.17) is 20.8 Å². The number of benzene rings is 2. The van der Waals surface area contributed by atoms with E-state index in [9.17, 15) is 9.90 Å². The van der Waals surface area contributed by atoms with Crippen LogP contribution in [0.2, 0.25) is 5.02 Å². The number of nitrogens with one attached hydrogen (secondary N) is 1. The molecule has 0 aliphatic carbocycles. The Bertz CT molecular complexity index is 988. The van der Waals surface area contributed by atoms with Crippen LogP contribution < -0.4 is 4.90 Å². The summed E-state index contributed by atoms with van der Waals surface area (Å²) in [5.74, 6) is 0.605. The summed E-state index contributed by atoms with van der Waals surface area (Å²) in [7, 11) is 0. The standard InChI is InChI=1S/C21H20ClNO4/c1-13-19(21(25)14-2-4-15(22)5-3-14)20-16(12-23-8-10-26-11-9-23)17(24)6-7-18(20)27-13/h2-7,24H,8-12H2,1H3/p+1. The van der Waals surface area contributed by atoms with Gasteiger partial charge in [0.15, 0.2) is 5.78 Å². The monoisotopic (exact) mass is 386 g/mol. The van der Waals surface area contributed by atoms with Gasteiger partial charge >= 0.3 is 0 Å². The average Bonchev–Trinajstić information content (AvgIpc) is 3.01. The van der Waals surface area contributed by atoms with Crippen molar-refractivity contribution in [2.75, 3.05) is 26.3 Å². The molecule has 0 bridgehead atoms. The predicted octanol–water partition coefficient (Wildman–Crippen LogP) is 2.75. The van der Waals surface area contributed by atoms with Gasteiger partial charge in [0.2, 0.25) is 0 Å². The normalized spacial score (nSPS) is 15.3. The summed E-state index contributed by atoms with van der Waals surface area (Å²) in [6.07, 6.45) is 0. The maximum atomic E-state index is 13.2. The number of furan rings is 1. The van der Waals surface area contributed by atoms with Gasteiger partial charge in [0, 0.05) is 16.0 Å². The lowest BCUT2D eigenvalue weighted by atomic mass is 9.96. The van der Waals surface area contributed by atoms with E-state index >= 15 is 0 Å². The molecule has 2 aromatic carbocycles. The maximum absolute atomic E-state index is 13.2. The summed E-state index contributed by atoms with van der Waals surface area (Å²) in [5, 5.41) is 11.8. The minimum atomic E-state index is -0.133. The Labute approximate surface area is 162 Å². The topological polar surface area (TPSA) is 64.1 Å². The van der Waals surface area contributed by atoms with Gasteiger partial charge in [-0.3, -0.25) is 4.79 Å². The molecule has 4 rings (SSSR count). The molecule has 1 saturated heterocycles. The third-order valence-electron chi connectivity index (χ3n) is 5.08. The second kappa shape index (κ2) is 7.35. The van der Waals surface area contributed by atoms with Crippen LogP contribution in [0.15, 0.2) is 40.8 Å². The summed E-state index contributed by atoms with van der Waals surface area (Å²) < 4.78 is 11.3. The van der Waals surface area contributed by atoms with E-state index in [1.807, 2.05) is 0 Å². The highest BCUT2D eigenvalue weighted by atomic mass is 35.5. The van der Waals surface area contributed by atoms with Crippen molar-refractivity contribution in [2.24, 2.45) is 0 Å². The molecule has 1 aromatic heterocycles. The molecule has 2 N–H and O–H groups in total. The third kappa shape index (κ3) is 3.46. The van der Waals surface area contributed by atoms with Gasteiger partial charge in [-0.2, -0.15) is 0 Å². The lowest BCUT2D eigenvalue weighted by Gasteiger charge is -2.24. The zero-order valence-corrected chi connectivity index (χ0v) is 15.8. The van der Waals surface area contributed by atoms with Crippen molar-refractivity contribution < 1.29 is 24.0 Å². The second-order valence-corrected chi connectivity index (χ2v) is 7.28. The van der Waals surface area contributed by atoms with Crippen molar-refractivity contribution in [3.05, 3.63) is 63.9 Å². The van der Waals surface area contributed by atoms with Gasteiger partial charge in [-0.25, -0.2) is 0 Å². The maximum Gasteiger partial charge on any atom is 0.197 e. The van der Waals surface area contributed by atoms with E-state index in [-0.39, 0.29) is 11.5 Å². The molecule has 0 unspecified atom stereocenters. The lowest BCUT2D eigenvalue weighted by Crippen LogP contribution is -3.12. The van der Waals surface area contributed by atoms with Gasteiger partial charge < -0.3 is 19.2 Å². The Morgan fingerprint density at radius 3 is 2.56 bits per heavy atom. The number of carbonyl (C=O) groups excluding carboxylic acids is 1. The van der Waals surface area contributed by atoms with Gasteiger partial charge in [0.1, 0.15) is 36.7 Å². The highest BCUT2D eigenvalue weighted by molar-refractivity contribution is 6.30. The fraction of sp³-hybridized carbons (Fsp3) is 0.286. The highest BCUT2D eigenvalue weighted by Gasteiger charge is 2.26. The number of ketones is 1. The number of ether oxygens (including phenoxy) is 1. The molecule has 1 fully saturated rings. The smallest absolute Gasteiger partial charge is 0.197 e. The van der Waals surface area contributed by atoms with Crippen LogP contribution in [0.4, 0.5) is 0 Å². The first-order chi connectivity index (χ1) is 13.0. The Hall–Kier alpha value is -2.34. The summed E-state index contributed by atoms with van der Waals surface area (Å²) in [6, 6.07) is 10.2. The number of phenolic OH excluding ortho intramolecular Hbond substituents is 1. The van der Waals surface area contributed by atoms with E-state index in [0.717, 1.165) is 18.7 Å². The molecule has 1 aliphatic heterocycles. The number of phenols is 1. The van der Waals surface area contributed by atoms with E-state index in [1.165, 1.54) is 4.90 Å². The summed E-state index contributed by atoms with van der Waals surface area (Å²) in [6.45, 7) is 5.54. The van der Waals surface area contributed by atoms with E-state index in [2.05, 4.69) is 0 Å². The molecule has 140 valence electrons. The van der Waals surface area contributed by atoms with Crippen LogP contribution in [-0.4, -0.2) is 37.2 Å². The number of halogens is 1. The van der Waals surface area contributed by atoms with E-state index in [1.54, 1.807) is 43.3 Å². The number of carbonyl (C=O) groups is 1. The zero-order valence-electron chi connectivity index (χ0n) is 15.0. The molecule has 6 heteroatoms. The zero-order chi connectivity index (χ0) is 19.0. The molecule has 2 heterocycles. The molecule has 0 spiro atoms. The van der Waals surface area contributed by atoms with Crippen LogP contribution >= 0.6 is 11.6 Å². The SMILES string of the molecule is Cc1oc2ccc(O)c(C[NH+]3CCOCC3)c2c1C(=O)c1ccc(Cl)cc1. The first-order valence-corrected chi connectivity index (χ1v) is 9.38. The molecular formula is C21H21ClNO4+. The first kappa shape index (κ1) is 18.0. The van der Waals surface area contributed by atoms with Gasteiger partial charge in [-0.05, 0) is 43.3 Å². The number of morpholine rings is 1. The minimum absolute atomic E-state index is 0.133. The number of aromatic hydroxyl groups is 1. The van der Waals surface area contributed by atoms with Gasteiger partial charge in [0.25, 0.3) is 0 Å². The number of hydrogen-bond acceptors (Lipinski definition) is 4. The quantitative estimate of drug-likeness (QED) is 0.677. The molecule has 0 saturated carbocycles. The molecule has 0 amide bonds. The Morgan fingerprint density at radius 1 is 1.15 bits per heavy atom. The van der Waals surface area contributed by atoms with Crippen molar-refractivity contribution >= 4 is 28.4 Å². The van der Waals surface area contributed by atoms with E-state index in [0.29, 0.717) is 52.6 Å². The molecule has 3 aromatic rings. The van der Waals surface area contributed by atoms with Crippen LogP contribution in [-0.2, 0) is 11.3 Å². The highest BCUT2D eigenvalue weighted by Crippen LogP contribution is 2.34. The molecule has 1 aliphatic rings. The third-order valence-corrected chi connectivity index (χ3v) is 5.33. The van der Waals surface area contributed by atoms with Gasteiger partial charge in [0.05, 0.1) is 24.3 Å². The van der Waals surface area contributed by atoms with Crippen LogP contribution in [0.3, 0.4) is 0 Å². The van der Waals surface area contributed by atoms with Crippen molar-refractivity contribution in [2.45, 2.75) is 13.5 Å². The van der Waals surface area contributed by atoms with E-state index < -0.39 is 0 Å². The van der Waals surface area contributed by atoms with Crippen LogP contribution in [0.1, 0.15) is 27.2 Å². The Balaban J connectivity index is 1.82. The first-order valence-electron chi connectivity index (χ1n) is 9.00. The second-order valence-electron chi connectivity index (χ2n) is 6.84. The average molecular weight is 387 g/mol. The summed E-state index contributed by atoms with van der Waals surface area (Å²) in [5.41, 5.74) is 2.41. The molecule has 0 atom stereocenters. The molecule has 27 heavy (non-hydrogen) atoms. The molecule has 5 nitrogen and oxygen atoms in total. The largest absolute Gasteiger partial charge is 0.507 e. The minimum Gasteiger partial charge on any atom is -0.507 e. The number of rotatable bonds is 4. The van der Waals surface area contributed by atoms with Crippen molar-refractivity contribution in [3.8, 4) is 5.75 Å². The van der Waals surface area contributed by atoms with Gasteiger partial charge in [-0.1, -0.05) is 11.6 Å². The fourth-order valence-corrected chi connectivity index (χ4v) is 3.78. The van der Waals surface area contributed by atoms with Crippen molar-refractivity contribution in [1.82, 2.24) is 0 Å². The number of quaternary nitrogens is 1. The van der Waals surface area contributed by atoms with Crippen LogP contribution in [0, 0.1) is 6.92 Å². The fourth-order valence-electron chi connectivity index (χ4n) is 3.65.